The Kier molecular flexibility index (Phi) is 3.68. The van der Waals surface area contributed by atoms with Gasteiger partial charge >= 0.3 is 0 Å². The zero-order valence-corrected chi connectivity index (χ0v) is 10.4. The summed E-state index contributed by atoms with van der Waals surface area (Å²) < 4.78 is 0. The summed E-state index contributed by atoms with van der Waals surface area (Å²) >= 11 is 0. The molecule has 15 heavy (non-hydrogen) atoms. The van der Waals surface area contributed by atoms with Gasteiger partial charge < -0.3 is 5.32 Å². The first-order chi connectivity index (χ1) is 7.28. The second-order valence-electron chi connectivity index (χ2n) is 5.41. The van der Waals surface area contributed by atoms with E-state index in [0.29, 0.717) is 5.54 Å². The molecule has 2 aliphatic rings. The second-order valence-corrected chi connectivity index (χ2v) is 5.41. The van der Waals surface area contributed by atoms with Gasteiger partial charge in [-0.2, -0.15) is 0 Å². The van der Waals surface area contributed by atoms with Crippen LogP contribution in [0.25, 0.3) is 0 Å². The lowest BCUT2D eigenvalue weighted by Gasteiger charge is -2.52. The highest BCUT2D eigenvalue weighted by molar-refractivity contribution is 4.99. The molecule has 1 aliphatic heterocycles. The molecule has 1 heterocycles. The van der Waals surface area contributed by atoms with E-state index in [-0.39, 0.29) is 0 Å². The van der Waals surface area contributed by atoms with Gasteiger partial charge in [-0.15, -0.1) is 0 Å². The van der Waals surface area contributed by atoms with Crippen LogP contribution in [0.1, 0.15) is 52.4 Å². The van der Waals surface area contributed by atoms with Crippen LogP contribution >= 0.6 is 0 Å². The van der Waals surface area contributed by atoms with Crippen molar-refractivity contribution in [3.8, 4) is 0 Å². The third-order valence-electron chi connectivity index (χ3n) is 4.50. The molecule has 1 atom stereocenters. The summed E-state index contributed by atoms with van der Waals surface area (Å²) in [6, 6.07) is 0.769. The number of nitrogens with zero attached hydrogens (tertiary/aromatic N) is 1. The van der Waals surface area contributed by atoms with Crippen LogP contribution in [0.4, 0.5) is 0 Å². The Morgan fingerprint density at radius 3 is 2.67 bits per heavy atom. The van der Waals surface area contributed by atoms with Gasteiger partial charge in [0.1, 0.15) is 0 Å². The van der Waals surface area contributed by atoms with Gasteiger partial charge in [0.05, 0.1) is 0 Å². The fourth-order valence-corrected chi connectivity index (χ4v) is 3.44. The summed E-state index contributed by atoms with van der Waals surface area (Å²) in [5.74, 6) is 0. The van der Waals surface area contributed by atoms with Crippen LogP contribution < -0.4 is 5.32 Å². The van der Waals surface area contributed by atoms with Crippen molar-refractivity contribution in [2.45, 2.75) is 64.0 Å². The molecule has 1 saturated heterocycles. The summed E-state index contributed by atoms with van der Waals surface area (Å²) in [5, 5.41) is 3.61. The monoisotopic (exact) mass is 210 g/mol. The SMILES string of the molecule is CCC(C)N1CCNCC12CCCCC2. The maximum atomic E-state index is 3.61. The number of nitrogens with one attached hydrogen (secondary N) is 1. The second kappa shape index (κ2) is 4.84. The van der Waals surface area contributed by atoms with Gasteiger partial charge in [-0.1, -0.05) is 26.2 Å². The average Bonchev–Trinajstić information content (AvgIpc) is 2.30. The Bertz CT molecular complexity index is 188. The third kappa shape index (κ3) is 2.21. The molecule has 2 nitrogen and oxygen atoms in total. The molecule has 2 rings (SSSR count). The molecular formula is C13H26N2. The lowest BCUT2D eigenvalue weighted by molar-refractivity contribution is -0.00289. The van der Waals surface area contributed by atoms with Gasteiger partial charge in [0.15, 0.2) is 0 Å². The van der Waals surface area contributed by atoms with E-state index in [1.54, 1.807) is 0 Å². The molecule has 88 valence electrons. The molecule has 0 bridgehead atoms. The van der Waals surface area contributed by atoms with Gasteiger partial charge in [-0.05, 0) is 26.2 Å². The van der Waals surface area contributed by atoms with Crippen molar-refractivity contribution in [2.75, 3.05) is 19.6 Å². The van der Waals surface area contributed by atoms with Crippen LogP contribution in [-0.2, 0) is 0 Å². The Balaban J connectivity index is 2.10. The lowest BCUT2D eigenvalue weighted by Crippen LogP contribution is -2.64. The van der Waals surface area contributed by atoms with E-state index in [0.717, 1.165) is 6.04 Å². The first-order valence-corrected chi connectivity index (χ1v) is 6.76. The predicted molar refractivity (Wildman–Crippen MR) is 65.1 cm³/mol. The van der Waals surface area contributed by atoms with Crippen molar-refractivity contribution >= 4 is 0 Å². The lowest BCUT2D eigenvalue weighted by atomic mass is 9.78. The molecule has 1 spiro atoms. The van der Waals surface area contributed by atoms with Crippen molar-refractivity contribution < 1.29 is 0 Å². The van der Waals surface area contributed by atoms with Crippen LogP contribution in [0, 0.1) is 0 Å². The normalized spacial score (nSPS) is 29.2. The number of hydrogen-bond acceptors (Lipinski definition) is 2. The Morgan fingerprint density at radius 1 is 1.27 bits per heavy atom. The molecule has 0 radical (unpaired) electrons. The first-order valence-electron chi connectivity index (χ1n) is 6.76. The van der Waals surface area contributed by atoms with Gasteiger partial charge in [0, 0.05) is 31.2 Å². The molecule has 1 unspecified atom stereocenters. The van der Waals surface area contributed by atoms with E-state index < -0.39 is 0 Å². The Morgan fingerprint density at radius 2 is 2.00 bits per heavy atom. The van der Waals surface area contributed by atoms with E-state index in [2.05, 4.69) is 24.1 Å². The van der Waals surface area contributed by atoms with Crippen molar-refractivity contribution in [3.63, 3.8) is 0 Å². The predicted octanol–water partition coefficient (Wildman–Crippen LogP) is 2.39. The van der Waals surface area contributed by atoms with Crippen LogP contribution in [0.15, 0.2) is 0 Å². The maximum Gasteiger partial charge on any atom is 0.0337 e. The quantitative estimate of drug-likeness (QED) is 0.753. The van der Waals surface area contributed by atoms with Crippen LogP contribution in [0.3, 0.4) is 0 Å². The minimum absolute atomic E-state index is 0.520. The largest absolute Gasteiger partial charge is 0.314 e. The Hall–Kier alpha value is -0.0800. The topological polar surface area (TPSA) is 15.3 Å². The summed E-state index contributed by atoms with van der Waals surface area (Å²) in [6.07, 6.45) is 8.47. The highest BCUT2D eigenvalue weighted by Gasteiger charge is 2.40. The van der Waals surface area contributed by atoms with E-state index in [4.69, 9.17) is 0 Å². The highest BCUT2D eigenvalue weighted by Crippen LogP contribution is 2.36. The highest BCUT2D eigenvalue weighted by atomic mass is 15.3. The number of rotatable bonds is 2. The summed E-state index contributed by atoms with van der Waals surface area (Å²) in [6.45, 7) is 8.41. The van der Waals surface area contributed by atoms with Gasteiger partial charge in [-0.3, -0.25) is 4.90 Å². The van der Waals surface area contributed by atoms with E-state index in [1.807, 2.05) is 0 Å². The maximum absolute atomic E-state index is 3.61. The van der Waals surface area contributed by atoms with Crippen molar-refractivity contribution in [1.82, 2.24) is 10.2 Å². The number of hydrogen-bond donors (Lipinski definition) is 1. The standard InChI is InChI=1S/C13H26N2/c1-3-12(2)15-10-9-14-11-13(15)7-5-4-6-8-13/h12,14H,3-11H2,1-2H3. The molecule has 0 aromatic carbocycles. The van der Waals surface area contributed by atoms with Crippen molar-refractivity contribution in [2.24, 2.45) is 0 Å². The molecule has 1 saturated carbocycles. The molecule has 2 fully saturated rings. The molecular weight excluding hydrogens is 184 g/mol. The number of piperazine rings is 1. The van der Waals surface area contributed by atoms with E-state index >= 15 is 0 Å². The summed E-state index contributed by atoms with van der Waals surface area (Å²) in [5.41, 5.74) is 0.520. The summed E-state index contributed by atoms with van der Waals surface area (Å²) in [7, 11) is 0. The van der Waals surface area contributed by atoms with Crippen molar-refractivity contribution in [1.29, 1.82) is 0 Å². The summed E-state index contributed by atoms with van der Waals surface area (Å²) in [4.78, 5) is 2.81. The molecule has 0 amide bonds. The third-order valence-corrected chi connectivity index (χ3v) is 4.50. The minimum atomic E-state index is 0.520. The first kappa shape index (κ1) is 11.4. The fraction of sp³-hybridized carbons (Fsp3) is 1.00. The zero-order valence-electron chi connectivity index (χ0n) is 10.4. The van der Waals surface area contributed by atoms with Gasteiger partial charge in [-0.25, -0.2) is 0 Å². The van der Waals surface area contributed by atoms with Crippen LogP contribution in [0.5, 0.6) is 0 Å². The molecule has 1 N–H and O–H groups in total. The van der Waals surface area contributed by atoms with Crippen LogP contribution in [-0.4, -0.2) is 36.1 Å². The van der Waals surface area contributed by atoms with E-state index in [1.165, 1.54) is 58.2 Å². The molecule has 2 heteroatoms. The van der Waals surface area contributed by atoms with Crippen LogP contribution in [0.2, 0.25) is 0 Å². The Labute approximate surface area is 94.4 Å². The van der Waals surface area contributed by atoms with Gasteiger partial charge in [0.2, 0.25) is 0 Å². The molecule has 0 aromatic rings. The minimum Gasteiger partial charge on any atom is -0.314 e. The average molecular weight is 210 g/mol. The van der Waals surface area contributed by atoms with Gasteiger partial charge in [0.25, 0.3) is 0 Å². The smallest absolute Gasteiger partial charge is 0.0337 e. The van der Waals surface area contributed by atoms with E-state index in [9.17, 15) is 0 Å². The zero-order chi connectivity index (χ0) is 10.7. The molecule has 0 aromatic heterocycles. The molecule has 1 aliphatic carbocycles. The van der Waals surface area contributed by atoms with Crippen molar-refractivity contribution in [3.05, 3.63) is 0 Å². The fourth-order valence-electron chi connectivity index (χ4n) is 3.44.